The number of pyridine rings is 1. The molecule has 0 aromatic carbocycles. The molecule has 0 radical (unpaired) electrons. The minimum Gasteiger partial charge on any atom is -0.399 e. The van der Waals surface area contributed by atoms with Gasteiger partial charge in [-0.2, -0.15) is 0 Å². The molecule has 2 rings (SSSR count). The third-order valence-electron chi connectivity index (χ3n) is 2.03. The predicted molar refractivity (Wildman–Crippen MR) is 57.4 cm³/mol. The maximum absolute atomic E-state index is 5.97. The van der Waals surface area contributed by atoms with Crippen LogP contribution in [0.2, 0.25) is 5.15 Å². The summed E-state index contributed by atoms with van der Waals surface area (Å²) < 4.78 is 1.93. The van der Waals surface area contributed by atoms with Gasteiger partial charge in [0.05, 0.1) is 12.1 Å². The monoisotopic (exact) mass is 210 g/mol. The van der Waals surface area contributed by atoms with Crippen molar-refractivity contribution >= 4 is 22.8 Å². The van der Waals surface area contributed by atoms with E-state index in [2.05, 4.69) is 10.3 Å². The van der Waals surface area contributed by atoms with Crippen molar-refractivity contribution in [3.8, 4) is 0 Å². The van der Waals surface area contributed by atoms with Gasteiger partial charge in [-0.3, -0.25) is 0 Å². The number of halogens is 1. The molecule has 0 unspecified atom stereocenters. The molecule has 0 aliphatic carbocycles. The Hall–Kier alpha value is -1.26. The fraction of sp³-hybridized carbons (Fsp3) is 0.222. The normalized spacial score (nSPS) is 11.0. The highest BCUT2D eigenvalue weighted by atomic mass is 35.5. The summed E-state index contributed by atoms with van der Waals surface area (Å²) in [7, 11) is 1.87. The average molecular weight is 211 g/mol. The minimum atomic E-state index is 0.488. The van der Waals surface area contributed by atoms with Crippen molar-refractivity contribution in [2.24, 2.45) is 0 Å². The van der Waals surface area contributed by atoms with E-state index in [1.54, 1.807) is 0 Å². The van der Waals surface area contributed by atoms with Gasteiger partial charge in [-0.1, -0.05) is 11.6 Å². The van der Waals surface area contributed by atoms with Crippen LogP contribution in [0.25, 0.3) is 5.52 Å². The second-order valence-electron chi connectivity index (χ2n) is 3.06. The summed E-state index contributed by atoms with van der Waals surface area (Å²) in [6, 6.07) is 3.64. The van der Waals surface area contributed by atoms with Crippen LogP contribution in [0, 0.1) is 0 Å². The maximum atomic E-state index is 5.97. The van der Waals surface area contributed by atoms with Crippen LogP contribution >= 0.6 is 11.6 Å². The molecule has 3 N–H and O–H groups in total. The van der Waals surface area contributed by atoms with Crippen LogP contribution in [0.5, 0.6) is 0 Å². The molecule has 0 atom stereocenters. The molecular formula is C9H11ClN4. The first-order chi connectivity index (χ1) is 6.72. The highest BCUT2D eigenvalue weighted by Gasteiger charge is 2.07. The molecule has 14 heavy (non-hydrogen) atoms. The van der Waals surface area contributed by atoms with Gasteiger partial charge in [-0.05, 0) is 19.2 Å². The maximum Gasteiger partial charge on any atom is 0.155 e. The van der Waals surface area contributed by atoms with Gasteiger partial charge in [-0.25, -0.2) is 4.98 Å². The van der Waals surface area contributed by atoms with Crippen molar-refractivity contribution in [2.75, 3.05) is 12.8 Å². The number of imidazole rings is 1. The Labute approximate surface area is 86.7 Å². The zero-order valence-electron chi connectivity index (χ0n) is 7.79. The number of nitrogens with zero attached hydrogens (tertiary/aromatic N) is 2. The number of anilines is 1. The second kappa shape index (κ2) is 3.48. The molecule has 0 saturated carbocycles. The Bertz CT molecular complexity index is 463. The van der Waals surface area contributed by atoms with Crippen molar-refractivity contribution in [1.29, 1.82) is 0 Å². The first-order valence-corrected chi connectivity index (χ1v) is 4.66. The Morgan fingerprint density at radius 3 is 3.14 bits per heavy atom. The molecule has 0 aliphatic rings. The number of rotatable bonds is 2. The molecule has 74 valence electrons. The molecule has 2 aromatic heterocycles. The van der Waals surface area contributed by atoms with E-state index in [0.29, 0.717) is 17.4 Å². The van der Waals surface area contributed by atoms with E-state index in [-0.39, 0.29) is 0 Å². The Morgan fingerprint density at radius 1 is 1.64 bits per heavy atom. The van der Waals surface area contributed by atoms with E-state index in [4.69, 9.17) is 17.3 Å². The molecule has 0 aliphatic heterocycles. The Kier molecular flexibility index (Phi) is 2.31. The van der Waals surface area contributed by atoms with E-state index < -0.39 is 0 Å². The van der Waals surface area contributed by atoms with Crippen LogP contribution < -0.4 is 11.1 Å². The van der Waals surface area contributed by atoms with Crippen LogP contribution in [-0.4, -0.2) is 16.4 Å². The summed E-state index contributed by atoms with van der Waals surface area (Å²) in [5.74, 6) is 0.882. The van der Waals surface area contributed by atoms with E-state index in [0.717, 1.165) is 11.3 Å². The van der Waals surface area contributed by atoms with Gasteiger partial charge in [0.2, 0.25) is 0 Å². The second-order valence-corrected chi connectivity index (χ2v) is 3.42. The fourth-order valence-corrected chi connectivity index (χ4v) is 1.65. The van der Waals surface area contributed by atoms with Gasteiger partial charge in [0.25, 0.3) is 0 Å². The fourth-order valence-electron chi connectivity index (χ4n) is 1.41. The number of nitrogen functional groups attached to an aromatic ring is 1. The summed E-state index contributed by atoms with van der Waals surface area (Å²) in [5, 5.41) is 3.52. The highest BCUT2D eigenvalue weighted by Crippen LogP contribution is 2.20. The lowest BCUT2D eigenvalue weighted by Crippen LogP contribution is -2.08. The van der Waals surface area contributed by atoms with E-state index in [1.807, 2.05) is 29.8 Å². The third-order valence-corrected chi connectivity index (χ3v) is 2.31. The highest BCUT2D eigenvalue weighted by molar-refractivity contribution is 6.32. The minimum absolute atomic E-state index is 0.488. The molecular weight excluding hydrogens is 200 g/mol. The third kappa shape index (κ3) is 1.42. The molecule has 2 heterocycles. The number of hydrogen-bond donors (Lipinski definition) is 2. The van der Waals surface area contributed by atoms with Crippen LogP contribution in [0.15, 0.2) is 18.3 Å². The van der Waals surface area contributed by atoms with Crippen LogP contribution in [0.4, 0.5) is 5.69 Å². The lowest BCUT2D eigenvalue weighted by atomic mass is 10.4. The number of fused-ring (bicyclic) bond motifs is 1. The molecule has 0 amide bonds. The number of hydrogen-bond acceptors (Lipinski definition) is 3. The van der Waals surface area contributed by atoms with Gasteiger partial charge in [0.1, 0.15) is 5.82 Å². The van der Waals surface area contributed by atoms with E-state index in [9.17, 15) is 0 Å². The van der Waals surface area contributed by atoms with Crippen molar-refractivity contribution in [3.63, 3.8) is 0 Å². The van der Waals surface area contributed by atoms with Crippen molar-refractivity contribution in [2.45, 2.75) is 6.54 Å². The molecule has 0 bridgehead atoms. The molecule has 5 heteroatoms. The smallest absolute Gasteiger partial charge is 0.155 e. The van der Waals surface area contributed by atoms with E-state index in [1.165, 1.54) is 0 Å². The Balaban J connectivity index is 2.65. The van der Waals surface area contributed by atoms with Gasteiger partial charge < -0.3 is 15.5 Å². The van der Waals surface area contributed by atoms with Crippen LogP contribution in [0.3, 0.4) is 0 Å². The van der Waals surface area contributed by atoms with Gasteiger partial charge in [0, 0.05) is 11.9 Å². The zero-order valence-corrected chi connectivity index (χ0v) is 8.54. The van der Waals surface area contributed by atoms with E-state index >= 15 is 0 Å². The summed E-state index contributed by atoms with van der Waals surface area (Å²) in [6.45, 7) is 0.678. The summed E-state index contributed by atoms with van der Waals surface area (Å²) in [6.07, 6.45) is 1.87. The van der Waals surface area contributed by atoms with Gasteiger partial charge in [-0.15, -0.1) is 0 Å². The lowest BCUT2D eigenvalue weighted by Gasteiger charge is -2.00. The van der Waals surface area contributed by atoms with Crippen LogP contribution in [-0.2, 0) is 6.54 Å². The lowest BCUT2D eigenvalue weighted by molar-refractivity contribution is 0.755. The number of nitrogens with one attached hydrogen (secondary N) is 1. The quantitative estimate of drug-likeness (QED) is 0.786. The molecule has 0 saturated heterocycles. The summed E-state index contributed by atoms with van der Waals surface area (Å²) in [5.41, 5.74) is 7.20. The molecule has 4 nitrogen and oxygen atoms in total. The van der Waals surface area contributed by atoms with Crippen LogP contribution in [0.1, 0.15) is 5.82 Å². The van der Waals surface area contributed by atoms with Gasteiger partial charge >= 0.3 is 0 Å². The van der Waals surface area contributed by atoms with Crippen molar-refractivity contribution in [3.05, 3.63) is 29.3 Å². The number of nitrogens with two attached hydrogens (primary N) is 1. The zero-order chi connectivity index (χ0) is 10.1. The molecule has 2 aromatic rings. The standard InChI is InChI=1S/C9H11ClN4/c1-12-5-8-13-9(10)7-4-6(11)2-3-14(7)8/h2-4,12H,5,11H2,1H3. The SMILES string of the molecule is CNCc1nc(Cl)c2cc(N)ccn12. The average Bonchev–Trinajstić information content (AvgIpc) is 2.44. The predicted octanol–water partition coefficient (Wildman–Crippen LogP) is 1.29. The first kappa shape index (κ1) is 9.30. The van der Waals surface area contributed by atoms with Crippen molar-refractivity contribution < 1.29 is 0 Å². The molecule has 0 fully saturated rings. The number of aromatic nitrogens is 2. The summed E-state index contributed by atoms with van der Waals surface area (Å²) >= 11 is 5.97. The summed E-state index contributed by atoms with van der Waals surface area (Å²) in [4.78, 5) is 4.23. The molecule has 0 spiro atoms. The van der Waals surface area contributed by atoms with Crippen molar-refractivity contribution in [1.82, 2.24) is 14.7 Å². The Morgan fingerprint density at radius 2 is 2.43 bits per heavy atom. The largest absolute Gasteiger partial charge is 0.399 e. The van der Waals surface area contributed by atoms with Gasteiger partial charge in [0.15, 0.2) is 5.15 Å². The topological polar surface area (TPSA) is 55.3 Å². The first-order valence-electron chi connectivity index (χ1n) is 4.29.